The first-order valence-corrected chi connectivity index (χ1v) is 13.5. The van der Waals surface area contributed by atoms with Gasteiger partial charge in [-0.2, -0.15) is 0 Å². The Labute approximate surface area is 222 Å². The van der Waals surface area contributed by atoms with Crippen LogP contribution in [-0.4, -0.2) is 35.5 Å². The van der Waals surface area contributed by atoms with Crippen molar-refractivity contribution in [2.24, 2.45) is 0 Å². The molecule has 6 nitrogen and oxygen atoms in total. The van der Waals surface area contributed by atoms with E-state index >= 15 is 0 Å². The van der Waals surface area contributed by atoms with E-state index in [0.717, 1.165) is 47.4 Å². The Morgan fingerprint density at radius 3 is 2.41 bits per heavy atom. The number of nitrogens with zero attached hydrogens (tertiary/aromatic N) is 2. The van der Waals surface area contributed by atoms with Crippen molar-refractivity contribution in [1.29, 1.82) is 0 Å². The molecular weight excluding hydrogens is 502 g/mol. The zero-order valence-electron chi connectivity index (χ0n) is 20.1. The molecule has 1 N–H and O–H groups in total. The van der Waals surface area contributed by atoms with E-state index in [1.54, 1.807) is 16.2 Å². The third-order valence-corrected chi connectivity index (χ3v) is 8.66. The van der Waals surface area contributed by atoms with Crippen LogP contribution in [0.3, 0.4) is 0 Å². The van der Waals surface area contributed by atoms with E-state index in [1.165, 1.54) is 18.4 Å². The monoisotopic (exact) mass is 525 g/mol. The molecule has 1 aliphatic rings. The van der Waals surface area contributed by atoms with Gasteiger partial charge >= 0.3 is 6.09 Å². The minimum atomic E-state index is -0.343. The minimum Gasteiger partial charge on any atom is -0.453 e. The number of thiophene rings is 1. The number of aromatic nitrogens is 1. The van der Waals surface area contributed by atoms with Gasteiger partial charge in [-0.25, -0.2) is 9.78 Å². The molecule has 8 heteroatoms. The van der Waals surface area contributed by atoms with E-state index in [4.69, 9.17) is 9.72 Å². The van der Waals surface area contributed by atoms with Gasteiger partial charge in [-0.3, -0.25) is 4.79 Å². The van der Waals surface area contributed by atoms with Crippen molar-refractivity contribution >= 4 is 49.9 Å². The first-order chi connectivity index (χ1) is 18.1. The van der Waals surface area contributed by atoms with Crippen LogP contribution < -0.4 is 5.32 Å². The fourth-order valence-corrected chi connectivity index (χ4v) is 6.97. The van der Waals surface area contributed by atoms with Crippen LogP contribution in [0.4, 0.5) is 9.80 Å². The third kappa shape index (κ3) is 4.50. The molecule has 184 valence electrons. The summed E-state index contributed by atoms with van der Waals surface area (Å²) in [5.41, 5.74) is 5.77. The minimum absolute atomic E-state index is 0.176. The second kappa shape index (κ2) is 9.80. The smallest absolute Gasteiger partial charge is 0.409 e. The lowest BCUT2D eigenvalue weighted by Crippen LogP contribution is -2.35. The number of ether oxygens (including phenoxy) is 1. The number of anilines is 1. The van der Waals surface area contributed by atoms with Crippen molar-refractivity contribution in [3.05, 3.63) is 94.9 Å². The second-order valence-electron chi connectivity index (χ2n) is 8.73. The summed E-state index contributed by atoms with van der Waals surface area (Å²) in [5.74, 6) is -0.176. The van der Waals surface area contributed by atoms with Crippen LogP contribution in [0.25, 0.3) is 31.9 Å². The maximum Gasteiger partial charge on any atom is 0.409 e. The SMILES string of the molecule is COC(=O)N1CCc2c(sc(NC(=O)c3ccc(-c4ccccc4)cc3)c2-c2nc3ccccc3s2)C1. The average Bonchev–Trinajstić information content (AvgIpc) is 3.53. The predicted octanol–water partition coefficient (Wildman–Crippen LogP) is 7.07. The number of amides is 2. The van der Waals surface area contributed by atoms with Crippen LogP contribution in [-0.2, 0) is 17.7 Å². The summed E-state index contributed by atoms with van der Waals surface area (Å²) in [6.07, 6.45) is 0.332. The average molecular weight is 526 g/mol. The van der Waals surface area contributed by atoms with Gasteiger partial charge < -0.3 is 15.0 Å². The van der Waals surface area contributed by atoms with E-state index in [0.29, 0.717) is 25.1 Å². The van der Waals surface area contributed by atoms with E-state index < -0.39 is 0 Å². The summed E-state index contributed by atoms with van der Waals surface area (Å²) in [6.45, 7) is 1.01. The Kier molecular flexibility index (Phi) is 6.20. The molecule has 2 aromatic heterocycles. The highest BCUT2D eigenvalue weighted by Crippen LogP contribution is 2.46. The Morgan fingerprint density at radius 1 is 0.919 bits per heavy atom. The summed E-state index contributed by atoms with van der Waals surface area (Å²) >= 11 is 3.12. The third-order valence-electron chi connectivity index (χ3n) is 6.48. The standard InChI is InChI=1S/C29H23N3O3S2/c1-35-29(34)32-16-15-21-24(17-32)37-28(25(21)27-30-22-9-5-6-10-23(22)36-27)31-26(33)20-13-11-19(12-14-20)18-7-3-2-4-8-18/h2-14H,15-17H2,1H3,(H,31,33). The van der Waals surface area contributed by atoms with Crippen LogP contribution in [0.1, 0.15) is 20.8 Å². The molecule has 0 bridgehead atoms. The first kappa shape index (κ1) is 23.4. The number of nitrogens with one attached hydrogen (secondary N) is 1. The number of fused-ring (bicyclic) bond motifs is 2. The molecule has 3 heterocycles. The summed E-state index contributed by atoms with van der Waals surface area (Å²) in [6, 6.07) is 25.7. The van der Waals surface area contributed by atoms with Crippen molar-refractivity contribution in [2.75, 3.05) is 19.0 Å². The number of carbonyl (C=O) groups excluding carboxylic acids is 2. The summed E-state index contributed by atoms with van der Waals surface area (Å²) in [7, 11) is 1.40. The molecule has 0 saturated heterocycles. The Morgan fingerprint density at radius 2 is 1.65 bits per heavy atom. The van der Waals surface area contributed by atoms with Gasteiger partial charge in [0.25, 0.3) is 5.91 Å². The number of hydrogen-bond donors (Lipinski definition) is 1. The maximum absolute atomic E-state index is 13.3. The zero-order valence-corrected chi connectivity index (χ0v) is 21.7. The van der Waals surface area contributed by atoms with Crippen LogP contribution in [0, 0.1) is 0 Å². The number of benzene rings is 3. The van der Waals surface area contributed by atoms with Gasteiger partial charge in [-0.05, 0) is 47.4 Å². The highest BCUT2D eigenvalue weighted by atomic mass is 32.1. The van der Waals surface area contributed by atoms with Crippen LogP contribution in [0.15, 0.2) is 78.9 Å². The highest BCUT2D eigenvalue weighted by Gasteiger charge is 2.30. The maximum atomic E-state index is 13.3. The van der Waals surface area contributed by atoms with Gasteiger partial charge in [0, 0.05) is 22.5 Å². The summed E-state index contributed by atoms with van der Waals surface area (Å²) < 4.78 is 6.04. The summed E-state index contributed by atoms with van der Waals surface area (Å²) in [4.78, 5) is 33.1. The van der Waals surface area contributed by atoms with Crippen molar-refractivity contribution in [3.63, 3.8) is 0 Å². The van der Waals surface area contributed by atoms with Crippen molar-refractivity contribution in [1.82, 2.24) is 9.88 Å². The van der Waals surface area contributed by atoms with Gasteiger partial charge in [0.2, 0.25) is 0 Å². The normalized spacial score (nSPS) is 12.8. The number of para-hydroxylation sites is 1. The lowest BCUT2D eigenvalue weighted by Gasteiger charge is -2.25. The van der Waals surface area contributed by atoms with E-state index in [-0.39, 0.29) is 12.0 Å². The van der Waals surface area contributed by atoms with Crippen LogP contribution in [0.5, 0.6) is 0 Å². The highest BCUT2D eigenvalue weighted by molar-refractivity contribution is 7.23. The van der Waals surface area contributed by atoms with Gasteiger partial charge in [0.05, 0.1) is 23.9 Å². The molecule has 0 fully saturated rings. The number of rotatable bonds is 4. The molecule has 5 aromatic rings. The molecule has 37 heavy (non-hydrogen) atoms. The van der Waals surface area contributed by atoms with E-state index in [2.05, 4.69) is 11.4 Å². The molecule has 0 atom stereocenters. The number of carbonyl (C=O) groups is 2. The molecule has 0 unspecified atom stereocenters. The lowest BCUT2D eigenvalue weighted by molar-refractivity contribution is 0.102. The molecule has 0 aliphatic carbocycles. The van der Waals surface area contributed by atoms with Gasteiger partial charge in [0.15, 0.2) is 0 Å². The fraction of sp³-hybridized carbons (Fsp3) is 0.138. The molecule has 3 aromatic carbocycles. The molecule has 1 aliphatic heterocycles. The largest absolute Gasteiger partial charge is 0.453 e. The molecular formula is C29H23N3O3S2. The lowest BCUT2D eigenvalue weighted by atomic mass is 10.0. The summed E-state index contributed by atoms with van der Waals surface area (Å²) in [5, 5.41) is 4.79. The second-order valence-corrected chi connectivity index (χ2v) is 10.9. The van der Waals surface area contributed by atoms with Crippen molar-refractivity contribution in [2.45, 2.75) is 13.0 Å². The Balaban J connectivity index is 1.35. The van der Waals surface area contributed by atoms with Gasteiger partial charge in [-0.1, -0.05) is 54.6 Å². The molecule has 0 radical (unpaired) electrons. The Bertz CT molecular complexity index is 1570. The first-order valence-electron chi connectivity index (χ1n) is 11.9. The van der Waals surface area contributed by atoms with E-state index in [9.17, 15) is 9.59 Å². The molecule has 6 rings (SSSR count). The zero-order chi connectivity index (χ0) is 25.4. The predicted molar refractivity (Wildman–Crippen MR) is 149 cm³/mol. The van der Waals surface area contributed by atoms with Crippen LogP contribution in [0.2, 0.25) is 0 Å². The van der Waals surface area contributed by atoms with Gasteiger partial charge in [-0.15, -0.1) is 22.7 Å². The number of thiazole rings is 1. The molecule has 2 amide bonds. The molecule has 0 spiro atoms. The number of hydrogen-bond acceptors (Lipinski definition) is 6. The van der Waals surface area contributed by atoms with E-state index in [1.807, 2.05) is 72.8 Å². The van der Waals surface area contributed by atoms with Crippen molar-refractivity contribution in [3.8, 4) is 21.7 Å². The molecule has 0 saturated carbocycles. The number of methoxy groups -OCH3 is 1. The quantitative estimate of drug-likeness (QED) is 0.272. The van der Waals surface area contributed by atoms with Gasteiger partial charge in [0.1, 0.15) is 10.0 Å². The van der Waals surface area contributed by atoms with Crippen molar-refractivity contribution < 1.29 is 14.3 Å². The topological polar surface area (TPSA) is 71.5 Å². The fourth-order valence-electron chi connectivity index (χ4n) is 4.60. The Hall–Kier alpha value is -4.01. The van der Waals surface area contributed by atoms with Crippen LogP contribution >= 0.6 is 22.7 Å².